The van der Waals surface area contributed by atoms with E-state index in [4.69, 9.17) is 4.74 Å². The van der Waals surface area contributed by atoms with Crippen LogP contribution in [0, 0.1) is 0 Å². The van der Waals surface area contributed by atoms with E-state index in [9.17, 15) is 0 Å². The summed E-state index contributed by atoms with van der Waals surface area (Å²) in [5.41, 5.74) is 0. The van der Waals surface area contributed by atoms with Crippen LogP contribution in [0.2, 0.25) is 0 Å². The molecule has 0 heterocycles. The lowest BCUT2D eigenvalue weighted by molar-refractivity contribution is 0.277. The Kier molecular flexibility index (Phi) is 101. The lowest BCUT2D eigenvalue weighted by atomic mass is 10.3. The highest BCUT2D eigenvalue weighted by molar-refractivity contribution is 5.20. The van der Waals surface area contributed by atoms with E-state index in [1.54, 1.807) is 21.3 Å². The van der Waals surface area contributed by atoms with Gasteiger partial charge in [-0.2, -0.15) is 0 Å². The molecule has 2 nitrogen and oxygen atoms in total. The molecule has 0 aliphatic heterocycles. The molecule has 0 fully saturated rings. The zero-order valence-electron chi connectivity index (χ0n) is 29.6. The van der Waals surface area contributed by atoms with Gasteiger partial charge in [-0.05, 0) is 12.1 Å². The van der Waals surface area contributed by atoms with Gasteiger partial charge in [0.05, 0.1) is 7.11 Å². The Bertz CT molecular complexity index is 576. The van der Waals surface area contributed by atoms with Crippen molar-refractivity contribution >= 4 is 0 Å². The van der Waals surface area contributed by atoms with E-state index in [0.717, 1.165) is 5.75 Å². The van der Waals surface area contributed by atoms with E-state index in [2.05, 4.69) is 4.74 Å². The molecular formula is C39H68O2. The van der Waals surface area contributed by atoms with Crippen molar-refractivity contribution in [3.63, 3.8) is 0 Å². The summed E-state index contributed by atoms with van der Waals surface area (Å²) in [6.07, 6.45) is 0. The number of rotatable bonds is 1. The van der Waals surface area contributed by atoms with E-state index in [0.29, 0.717) is 0 Å². The fourth-order valence-electron chi connectivity index (χ4n) is 1.71. The fourth-order valence-corrected chi connectivity index (χ4v) is 1.71. The molecule has 0 bridgehead atoms. The monoisotopic (exact) mass is 569 g/mol. The van der Waals surface area contributed by atoms with Gasteiger partial charge in [0.1, 0.15) is 5.75 Å². The lowest BCUT2D eigenvalue weighted by Gasteiger charge is -1.93. The van der Waals surface area contributed by atoms with Gasteiger partial charge in [-0.1, -0.05) is 210 Å². The van der Waals surface area contributed by atoms with Crippen LogP contribution in [0.5, 0.6) is 5.75 Å². The number of hydrogen-bond acceptors (Lipinski definition) is 2. The minimum Gasteiger partial charge on any atom is -0.497 e. The molecule has 0 aliphatic carbocycles. The van der Waals surface area contributed by atoms with Gasteiger partial charge in [-0.3, -0.25) is 0 Å². The van der Waals surface area contributed by atoms with E-state index in [1.807, 2.05) is 223 Å². The normalized spacial score (nSPS) is 6.51. The third-order valence-corrected chi connectivity index (χ3v) is 2.98. The number of benzene rings is 4. The third kappa shape index (κ3) is 72.4. The number of hydrogen-bond donors (Lipinski definition) is 0. The Morgan fingerprint density at radius 3 is 0.488 bits per heavy atom. The molecule has 0 unspecified atom stereocenters. The maximum Gasteiger partial charge on any atom is 0.118 e. The summed E-state index contributed by atoms with van der Waals surface area (Å²) in [7, 11) is 4.91. The zero-order valence-corrected chi connectivity index (χ0v) is 29.6. The van der Waals surface area contributed by atoms with Crippen LogP contribution < -0.4 is 4.74 Å². The molecule has 41 heavy (non-hydrogen) atoms. The lowest BCUT2D eigenvalue weighted by Crippen LogP contribution is -1.78. The van der Waals surface area contributed by atoms with E-state index in [1.165, 1.54) is 0 Å². The van der Waals surface area contributed by atoms with Gasteiger partial charge in [0.2, 0.25) is 0 Å². The first kappa shape index (κ1) is 53.8. The molecule has 4 aromatic carbocycles. The summed E-state index contributed by atoms with van der Waals surface area (Å²) >= 11 is 0. The minimum atomic E-state index is 0.910. The highest BCUT2D eigenvalue weighted by Gasteiger charge is 1.80. The van der Waals surface area contributed by atoms with Gasteiger partial charge in [0.25, 0.3) is 0 Å². The van der Waals surface area contributed by atoms with Gasteiger partial charge < -0.3 is 9.47 Å². The van der Waals surface area contributed by atoms with Crippen LogP contribution in [-0.4, -0.2) is 21.3 Å². The second kappa shape index (κ2) is 76.7. The summed E-state index contributed by atoms with van der Waals surface area (Å²) in [6.45, 7) is 24.0. The van der Waals surface area contributed by atoms with Crippen molar-refractivity contribution in [2.45, 2.75) is 83.1 Å². The predicted molar refractivity (Wildman–Crippen MR) is 193 cm³/mol. The number of para-hydroxylation sites is 1. The molecule has 0 atom stereocenters. The largest absolute Gasteiger partial charge is 0.497 e. The first-order valence-electron chi connectivity index (χ1n) is 15.3. The Balaban J connectivity index is -0.0000000655. The molecule has 2 heteroatoms. The average Bonchev–Trinajstić information content (AvgIpc) is 3.14. The number of ether oxygens (including phenoxy) is 2. The van der Waals surface area contributed by atoms with Crippen LogP contribution >= 0.6 is 0 Å². The van der Waals surface area contributed by atoms with Crippen molar-refractivity contribution in [3.8, 4) is 5.75 Å². The summed E-state index contributed by atoms with van der Waals surface area (Å²) in [5, 5.41) is 0. The van der Waals surface area contributed by atoms with Crippen molar-refractivity contribution in [2.24, 2.45) is 0 Å². The first-order valence-corrected chi connectivity index (χ1v) is 15.3. The van der Waals surface area contributed by atoms with Gasteiger partial charge in [-0.15, -0.1) is 0 Å². The minimum absolute atomic E-state index is 0.910. The Morgan fingerprint density at radius 1 is 0.268 bits per heavy atom. The molecule has 0 spiro atoms. The van der Waals surface area contributed by atoms with E-state index < -0.39 is 0 Å². The van der Waals surface area contributed by atoms with Crippen molar-refractivity contribution < 1.29 is 9.47 Å². The molecule has 0 N–H and O–H groups in total. The highest BCUT2D eigenvalue weighted by Crippen LogP contribution is 2.05. The SMILES string of the molecule is CC.CC.CC.CC.CC.CC.COC.COc1ccccc1.c1ccccc1.c1ccccc1.c1ccccc1. The maximum absolute atomic E-state index is 4.91. The standard InChI is InChI=1S/C7H8O.3C6H6.C2H6O.6C2H6/c1-8-7-5-3-2-4-6-7;3*1-2-4-6-5-3-1;1-3-2;6*1-2/h2-6H,1H3;3*1-6H;1-2H3;6*1-2H3. The summed E-state index contributed by atoms with van der Waals surface area (Å²) in [4.78, 5) is 0. The Hall–Kier alpha value is -3.36. The maximum atomic E-state index is 4.91. The molecular weight excluding hydrogens is 500 g/mol. The molecule has 236 valence electrons. The van der Waals surface area contributed by atoms with Crippen molar-refractivity contribution in [1.82, 2.24) is 0 Å². The van der Waals surface area contributed by atoms with Gasteiger partial charge >= 0.3 is 0 Å². The molecule has 0 aliphatic rings. The van der Waals surface area contributed by atoms with Crippen LogP contribution in [0.4, 0.5) is 0 Å². The number of methoxy groups -OCH3 is 2. The van der Waals surface area contributed by atoms with Crippen LogP contribution in [0.15, 0.2) is 140 Å². The summed E-state index contributed by atoms with van der Waals surface area (Å²) in [6, 6.07) is 45.7. The van der Waals surface area contributed by atoms with Crippen molar-refractivity contribution in [3.05, 3.63) is 140 Å². The van der Waals surface area contributed by atoms with Crippen molar-refractivity contribution in [1.29, 1.82) is 0 Å². The average molecular weight is 569 g/mol. The summed E-state index contributed by atoms with van der Waals surface area (Å²) < 4.78 is 9.16. The zero-order chi connectivity index (χ0) is 33.3. The third-order valence-electron chi connectivity index (χ3n) is 2.98. The van der Waals surface area contributed by atoms with E-state index in [-0.39, 0.29) is 0 Å². The van der Waals surface area contributed by atoms with Gasteiger partial charge in [0, 0.05) is 14.2 Å². The second-order valence-corrected chi connectivity index (χ2v) is 5.39. The molecule has 4 aromatic rings. The van der Waals surface area contributed by atoms with E-state index >= 15 is 0 Å². The fraction of sp³-hybridized carbons (Fsp3) is 0.385. The Labute approximate surface area is 258 Å². The predicted octanol–water partition coefficient (Wildman–Crippen LogP) is 13.2. The van der Waals surface area contributed by atoms with Gasteiger partial charge in [-0.25, -0.2) is 0 Å². The highest BCUT2D eigenvalue weighted by atomic mass is 16.5. The van der Waals surface area contributed by atoms with Crippen molar-refractivity contribution in [2.75, 3.05) is 21.3 Å². The molecule has 0 aromatic heterocycles. The molecule has 0 saturated heterocycles. The quantitative estimate of drug-likeness (QED) is 0.227. The molecule has 0 amide bonds. The molecule has 0 saturated carbocycles. The smallest absolute Gasteiger partial charge is 0.118 e. The van der Waals surface area contributed by atoms with Gasteiger partial charge in [0.15, 0.2) is 0 Å². The second-order valence-electron chi connectivity index (χ2n) is 5.39. The first-order chi connectivity index (χ1) is 20.3. The Morgan fingerprint density at radius 2 is 0.390 bits per heavy atom. The van der Waals surface area contributed by atoms with Crippen LogP contribution in [0.1, 0.15) is 83.1 Å². The molecule has 0 radical (unpaired) electrons. The van der Waals surface area contributed by atoms with Crippen LogP contribution in [0.3, 0.4) is 0 Å². The topological polar surface area (TPSA) is 18.5 Å². The molecule has 4 rings (SSSR count). The summed E-state index contributed by atoms with van der Waals surface area (Å²) in [5.74, 6) is 0.910. The van der Waals surface area contributed by atoms with Crippen LogP contribution in [0.25, 0.3) is 0 Å². The van der Waals surface area contributed by atoms with Crippen LogP contribution in [-0.2, 0) is 4.74 Å².